The fourth-order valence-electron chi connectivity index (χ4n) is 3.12. The number of carbonyl (C=O) groups is 2. The number of aldehydes is 1. The Kier molecular flexibility index (Phi) is 7.11. The van der Waals surface area contributed by atoms with Crippen LogP contribution in [0.3, 0.4) is 0 Å². The Bertz CT molecular complexity index is 652. The van der Waals surface area contributed by atoms with Crippen molar-refractivity contribution >= 4 is 18.1 Å². The molecule has 0 radical (unpaired) electrons. The van der Waals surface area contributed by atoms with Crippen molar-refractivity contribution in [2.45, 2.75) is 59.1 Å². The van der Waals surface area contributed by atoms with E-state index in [1.165, 1.54) is 0 Å². The van der Waals surface area contributed by atoms with E-state index in [0.29, 0.717) is 30.4 Å². The number of alkyl carbamates (subject to hydrolysis) is 1. The summed E-state index contributed by atoms with van der Waals surface area (Å²) < 4.78 is 11.3. The molecule has 1 aliphatic heterocycles. The van der Waals surface area contributed by atoms with Crippen molar-refractivity contribution in [1.82, 2.24) is 5.32 Å². The number of nitrogens with zero attached hydrogens (tertiary/aromatic N) is 1. The van der Waals surface area contributed by atoms with Crippen LogP contribution in [0.25, 0.3) is 0 Å². The third kappa shape index (κ3) is 6.45. The highest BCUT2D eigenvalue weighted by molar-refractivity contribution is 5.87. The van der Waals surface area contributed by atoms with Crippen molar-refractivity contribution in [1.29, 1.82) is 0 Å². The fraction of sp³-hybridized carbons (Fsp3) is 0.619. The van der Waals surface area contributed by atoms with Crippen molar-refractivity contribution in [3.05, 3.63) is 23.8 Å². The lowest BCUT2D eigenvalue weighted by atomic mass is 10.0. The molecule has 1 amide bonds. The van der Waals surface area contributed by atoms with Crippen LogP contribution in [0.2, 0.25) is 0 Å². The quantitative estimate of drug-likeness (QED) is 0.759. The van der Waals surface area contributed by atoms with E-state index in [2.05, 4.69) is 24.1 Å². The smallest absolute Gasteiger partial charge is 0.407 e. The second-order valence-electron chi connectivity index (χ2n) is 8.45. The minimum atomic E-state index is -0.527. The molecule has 0 aliphatic carbocycles. The number of ether oxygens (including phenoxy) is 2. The topological polar surface area (TPSA) is 67.9 Å². The van der Waals surface area contributed by atoms with Gasteiger partial charge in [0.05, 0.1) is 12.3 Å². The summed E-state index contributed by atoms with van der Waals surface area (Å²) in [7, 11) is 0. The summed E-state index contributed by atoms with van der Waals surface area (Å²) >= 11 is 0. The minimum Gasteiger partial charge on any atom is -0.491 e. The third-order valence-electron chi connectivity index (χ3n) is 4.19. The molecule has 1 N–H and O–H groups in total. The van der Waals surface area contributed by atoms with Crippen LogP contribution >= 0.6 is 0 Å². The molecule has 1 aromatic carbocycles. The molecule has 1 aliphatic rings. The van der Waals surface area contributed by atoms with E-state index in [4.69, 9.17) is 9.47 Å². The summed E-state index contributed by atoms with van der Waals surface area (Å²) in [6.45, 7) is 11.7. The average molecular weight is 376 g/mol. The Balaban J connectivity index is 2.14. The first kappa shape index (κ1) is 21.1. The van der Waals surface area contributed by atoms with Crippen LogP contribution in [0, 0.1) is 5.92 Å². The monoisotopic (exact) mass is 376 g/mol. The SMILES string of the molecule is CC(C)COc1cccc(C=O)c1N1CCC[C@@H](NC(=O)OC(C)(C)C)C1. The number of para-hydroxylation sites is 1. The average Bonchev–Trinajstić information content (AvgIpc) is 2.57. The van der Waals surface area contributed by atoms with Gasteiger partial charge < -0.3 is 19.7 Å². The molecule has 27 heavy (non-hydrogen) atoms. The number of rotatable bonds is 6. The summed E-state index contributed by atoms with van der Waals surface area (Å²) in [5.41, 5.74) is 0.887. The Morgan fingerprint density at radius 3 is 2.74 bits per heavy atom. The molecular formula is C21H32N2O4. The Morgan fingerprint density at radius 2 is 2.11 bits per heavy atom. The molecule has 6 nitrogen and oxygen atoms in total. The van der Waals surface area contributed by atoms with Crippen LogP contribution in [-0.2, 0) is 4.74 Å². The molecular weight excluding hydrogens is 344 g/mol. The molecule has 6 heteroatoms. The Morgan fingerprint density at radius 1 is 1.37 bits per heavy atom. The Hall–Kier alpha value is -2.24. The second kappa shape index (κ2) is 9.11. The van der Waals surface area contributed by atoms with E-state index in [9.17, 15) is 9.59 Å². The normalized spacial score (nSPS) is 17.6. The largest absolute Gasteiger partial charge is 0.491 e. The van der Waals surface area contributed by atoms with Gasteiger partial charge in [0, 0.05) is 24.7 Å². The highest BCUT2D eigenvalue weighted by Gasteiger charge is 2.27. The van der Waals surface area contributed by atoms with Gasteiger partial charge in [0.1, 0.15) is 11.4 Å². The molecule has 0 aromatic heterocycles. The van der Waals surface area contributed by atoms with Gasteiger partial charge in [-0.2, -0.15) is 0 Å². The lowest BCUT2D eigenvalue weighted by Crippen LogP contribution is -2.49. The predicted octanol–water partition coefficient (Wildman–Crippen LogP) is 4.03. The molecule has 0 unspecified atom stereocenters. The molecule has 1 atom stereocenters. The van der Waals surface area contributed by atoms with E-state index >= 15 is 0 Å². The van der Waals surface area contributed by atoms with Crippen LogP contribution in [0.4, 0.5) is 10.5 Å². The number of amides is 1. The first-order chi connectivity index (χ1) is 12.7. The van der Waals surface area contributed by atoms with Crippen LogP contribution in [0.15, 0.2) is 18.2 Å². The number of carbonyl (C=O) groups excluding carboxylic acids is 2. The number of hydrogen-bond donors (Lipinski definition) is 1. The lowest BCUT2D eigenvalue weighted by molar-refractivity contribution is 0.0499. The summed E-state index contributed by atoms with van der Waals surface area (Å²) in [5, 5.41) is 2.95. The lowest BCUT2D eigenvalue weighted by Gasteiger charge is -2.36. The predicted molar refractivity (Wildman–Crippen MR) is 107 cm³/mol. The summed E-state index contributed by atoms with van der Waals surface area (Å²) in [6, 6.07) is 5.50. The molecule has 2 rings (SSSR count). The van der Waals surface area contributed by atoms with Crippen molar-refractivity contribution in [2.24, 2.45) is 5.92 Å². The third-order valence-corrected chi connectivity index (χ3v) is 4.19. The fourth-order valence-corrected chi connectivity index (χ4v) is 3.12. The Labute approximate surface area is 162 Å². The molecule has 0 bridgehead atoms. The summed E-state index contributed by atoms with van der Waals surface area (Å²) in [4.78, 5) is 25.8. The second-order valence-corrected chi connectivity index (χ2v) is 8.45. The molecule has 0 spiro atoms. The number of benzene rings is 1. The van der Waals surface area contributed by atoms with E-state index in [1.807, 2.05) is 32.9 Å². The number of nitrogens with one attached hydrogen (secondary N) is 1. The molecule has 1 saturated heterocycles. The summed E-state index contributed by atoms with van der Waals surface area (Å²) in [5.74, 6) is 1.10. The van der Waals surface area contributed by atoms with Crippen molar-refractivity contribution in [2.75, 3.05) is 24.6 Å². The molecule has 150 valence electrons. The molecule has 1 heterocycles. The van der Waals surface area contributed by atoms with Gasteiger partial charge in [-0.05, 0) is 51.7 Å². The van der Waals surface area contributed by atoms with Crippen molar-refractivity contribution in [3.8, 4) is 5.75 Å². The molecule has 1 fully saturated rings. The standard InChI is InChI=1S/C21H32N2O4/c1-15(2)14-26-18-10-6-8-16(13-24)19(18)23-11-7-9-17(12-23)22-20(25)27-21(3,4)5/h6,8,10,13,15,17H,7,9,11-12,14H2,1-5H3,(H,22,25)/t17-/m1/s1. The van der Waals surface area contributed by atoms with Gasteiger partial charge in [-0.3, -0.25) is 4.79 Å². The highest BCUT2D eigenvalue weighted by atomic mass is 16.6. The maximum Gasteiger partial charge on any atom is 0.407 e. The van der Waals surface area contributed by atoms with Gasteiger partial charge in [-0.25, -0.2) is 4.79 Å². The molecule has 1 aromatic rings. The number of hydrogen-bond acceptors (Lipinski definition) is 5. The maximum atomic E-state index is 12.1. The molecule has 0 saturated carbocycles. The van der Waals surface area contributed by atoms with Crippen LogP contribution in [-0.4, -0.2) is 43.7 Å². The number of anilines is 1. The van der Waals surface area contributed by atoms with E-state index in [0.717, 1.165) is 31.4 Å². The van der Waals surface area contributed by atoms with E-state index in [-0.39, 0.29) is 6.04 Å². The van der Waals surface area contributed by atoms with Crippen LogP contribution < -0.4 is 15.0 Å². The number of piperidine rings is 1. The zero-order chi connectivity index (χ0) is 20.0. The summed E-state index contributed by atoms with van der Waals surface area (Å²) in [6.07, 6.45) is 2.25. The van der Waals surface area contributed by atoms with Gasteiger partial charge in [-0.15, -0.1) is 0 Å². The first-order valence-corrected chi connectivity index (χ1v) is 9.65. The highest BCUT2D eigenvalue weighted by Crippen LogP contribution is 2.34. The minimum absolute atomic E-state index is 0.0359. The van der Waals surface area contributed by atoms with Crippen molar-refractivity contribution in [3.63, 3.8) is 0 Å². The van der Waals surface area contributed by atoms with Gasteiger partial charge in [0.15, 0.2) is 6.29 Å². The first-order valence-electron chi connectivity index (χ1n) is 9.65. The van der Waals surface area contributed by atoms with Gasteiger partial charge in [-0.1, -0.05) is 19.9 Å². The zero-order valence-electron chi connectivity index (χ0n) is 17.1. The van der Waals surface area contributed by atoms with E-state index < -0.39 is 11.7 Å². The van der Waals surface area contributed by atoms with Gasteiger partial charge in [0.2, 0.25) is 0 Å². The zero-order valence-corrected chi connectivity index (χ0v) is 17.1. The van der Waals surface area contributed by atoms with Gasteiger partial charge >= 0.3 is 6.09 Å². The van der Waals surface area contributed by atoms with Crippen molar-refractivity contribution < 1.29 is 19.1 Å². The van der Waals surface area contributed by atoms with Crippen LogP contribution in [0.1, 0.15) is 57.8 Å². The van der Waals surface area contributed by atoms with Crippen LogP contribution in [0.5, 0.6) is 5.75 Å². The van der Waals surface area contributed by atoms with Gasteiger partial charge in [0.25, 0.3) is 0 Å². The maximum absolute atomic E-state index is 12.1. The van der Waals surface area contributed by atoms with E-state index in [1.54, 1.807) is 6.07 Å².